The number of para-hydroxylation sites is 2. The van der Waals surface area contributed by atoms with E-state index in [1.807, 2.05) is 11.8 Å². The van der Waals surface area contributed by atoms with Crippen LogP contribution in [0.4, 0.5) is 21.6 Å². The van der Waals surface area contributed by atoms with Gasteiger partial charge in [0.25, 0.3) is 5.69 Å². The van der Waals surface area contributed by atoms with Crippen LogP contribution in [0.2, 0.25) is 0 Å². The maximum absolute atomic E-state index is 14.0. The van der Waals surface area contributed by atoms with Crippen molar-refractivity contribution in [3.63, 3.8) is 0 Å². The van der Waals surface area contributed by atoms with E-state index < -0.39 is 4.92 Å². The monoisotopic (exact) mass is 415 g/mol. The molecule has 160 valence electrons. The Morgan fingerprint density at radius 2 is 2.20 bits per heavy atom. The second-order valence-corrected chi connectivity index (χ2v) is 6.85. The highest BCUT2D eigenvalue weighted by Crippen LogP contribution is 2.23. The first-order valence-electron chi connectivity index (χ1n) is 9.96. The van der Waals surface area contributed by atoms with Crippen molar-refractivity contribution < 1.29 is 9.31 Å². The van der Waals surface area contributed by atoms with Gasteiger partial charge in [0.1, 0.15) is 5.69 Å². The Kier molecular flexibility index (Phi) is 7.36. The van der Waals surface area contributed by atoms with Crippen LogP contribution < -0.4 is 20.9 Å². The maximum Gasteiger partial charge on any atom is 0.292 e. The van der Waals surface area contributed by atoms with Crippen molar-refractivity contribution in [2.75, 3.05) is 42.9 Å². The molecule has 2 heterocycles. The second-order valence-electron chi connectivity index (χ2n) is 6.85. The van der Waals surface area contributed by atoms with Gasteiger partial charge in [0.2, 0.25) is 0 Å². The molecular weight excluding hydrogens is 389 g/mol. The lowest BCUT2D eigenvalue weighted by Gasteiger charge is -2.20. The van der Waals surface area contributed by atoms with E-state index >= 15 is 0 Å². The summed E-state index contributed by atoms with van der Waals surface area (Å²) in [7, 11) is 0. The Balaban J connectivity index is 1.53. The fourth-order valence-corrected chi connectivity index (χ4v) is 3.33. The normalized spacial score (nSPS) is 16.4. The van der Waals surface area contributed by atoms with Crippen LogP contribution in [0.1, 0.15) is 13.3 Å². The van der Waals surface area contributed by atoms with Crippen LogP contribution in [0.3, 0.4) is 0 Å². The lowest BCUT2D eigenvalue weighted by Crippen LogP contribution is -2.45. The number of nitrogens with zero attached hydrogens (tertiary/aromatic N) is 4. The molecule has 10 heteroatoms. The molecule has 1 atom stereocenters. The molecule has 0 bridgehead atoms. The molecule has 1 saturated heterocycles. The van der Waals surface area contributed by atoms with Crippen molar-refractivity contribution in [1.29, 1.82) is 0 Å². The van der Waals surface area contributed by atoms with E-state index in [0.29, 0.717) is 50.2 Å². The molecule has 9 nitrogen and oxygen atoms in total. The van der Waals surface area contributed by atoms with Crippen molar-refractivity contribution in [2.24, 2.45) is 4.99 Å². The Labute approximate surface area is 174 Å². The molecule has 30 heavy (non-hydrogen) atoms. The average molecular weight is 415 g/mol. The third kappa shape index (κ3) is 5.56. The molecule has 2 aromatic rings. The number of halogens is 1. The minimum absolute atomic E-state index is 0.0410. The molecule has 1 aliphatic heterocycles. The minimum Gasteiger partial charge on any atom is -0.378 e. The van der Waals surface area contributed by atoms with Gasteiger partial charge in [0.05, 0.1) is 11.5 Å². The number of hydrogen-bond acceptors (Lipinski definition) is 6. The van der Waals surface area contributed by atoms with Crippen molar-refractivity contribution >= 4 is 23.2 Å². The Morgan fingerprint density at radius 3 is 2.97 bits per heavy atom. The summed E-state index contributed by atoms with van der Waals surface area (Å²) in [5.41, 5.74) is 0.513. The number of nitro groups is 1. The third-order valence-electron chi connectivity index (χ3n) is 4.71. The molecule has 3 rings (SSSR count). The topological polar surface area (TPSA) is 108 Å². The zero-order chi connectivity index (χ0) is 21.3. The van der Waals surface area contributed by atoms with Gasteiger partial charge in [-0.25, -0.2) is 9.37 Å². The zero-order valence-electron chi connectivity index (χ0n) is 16.8. The number of pyridine rings is 1. The van der Waals surface area contributed by atoms with Crippen LogP contribution in [0.25, 0.3) is 0 Å². The maximum atomic E-state index is 14.0. The Bertz CT molecular complexity index is 893. The van der Waals surface area contributed by atoms with E-state index in [9.17, 15) is 14.5 Å². The summed E-state index contributed by atoms with van der Waals surface area (Å²) in [6, 6.07) is 9.64. The van der Waals surface area contributed by atoms with Gasteiger partial charge < -0.3 is 20.9 Å². The van der Waals surface area contributed by atoms with Crippen LogP contribution in [-0.4, -0.2) is 54.6 Å². The first-order valence-corrected chi connectivity index (χ1v) is 9.96. The summed E-state index contributed by atoms with van der Waals surface area (Å²) in [6.07, 6.45) is 2.43. The van der Waals surface area contributed by atoms with E-state index in [2.05, 4.69) is 25.9 Å². The summed E-state index contributed by atoms with van der Waals surface area (Å²) in [5, 5.41) is 20.7. The molecule has 3 N–H and O–H groups in total. The Morgan fingerprint density at radius 1 is 1.37 bits per heavy atom. The summed E-state index contributed by atoms with van der Waals surface area (Å²) in [4.78, 5) is 21.3. The highest BCUT2D eigenvalue weighted by molar-refractivity contribution is 5.80. The SMILES string of the molecule is CCNC(=NCCNc1ccccc1[N+](=O)[O-])NC1CCN(c2ncccc2F)C1. The molecule has 0 saturated carbocycles. The molecule has 1 aromatic carbocycles. The average Bonchev–Trinajstić information content (AvgIpc) is 3.20. The number of aliphatic imine (C=N–C) groups is 1. The largest absolute Gasteiger partial charge is 0.378 e. The summed E-state index contributed by atoms with van der Waals surface area (Å²) < 4.78 is 14.0. The fourth-order valence-electron chi connectivity index (χ4n) is 3.33. The van der Waals surface area contributed by atoms with Gasteiger partial charge in [0.15, 0.2) is 17.6 Å². The fraction of sp³-hybridized carbons (Fsp3) is 0.400. The van der Waals surface area contributed by atoms with Crippen LogP contribution in [0.5, 0.6) is 0 Å². The van der Waals surface area contributed by atoms with Gasteiger partial charge >= 0.3 is 0 Å². The number of nitro benzene ring substituents is 1. The highest BCUT2D eigenvalue weighted by Gasteiger charge is 2.25. The molecule has 0 amide bonds. The number of guanidine groups is 1. The molecule has 1 aromatic heterocycles. The van der Waals surface area contributed by atoms with Gasteiger partial charge in [-0.3, -0.25) is 15.1 Å². The molecule has 0 aliphatic carbocycles. The molecule has 0 spiro atoms. The Hall–Kier alpha value is -3.43. The van der Waals surface area contributed by atoms with Crippen molar-refractivity contribution in [2.45, 2.75) is 19.4 Å². The van der Waals surface area contributed by atoms with Gasteiger partial charge in [-0.2, -0.15) is 0 Å². The summed E-state index contributed by atoms with van der Waals surface area (Å²) in [5.74, 6) is 0.715. The van der Waals surface area contributed by atoms with E-state index in [-0.39, 0.29) is 17.5 Å². The lowest BCUT2D eigenvalue weighted by molar-refractivity contribution is -0.384. The highest BCUT2D eigenvalue weighted by atomic mass is 19.1. The zero-order valence-corrected chi connectivity index (χ0v) is 16.8. The van der Waals surface area contributed by atoms with E-state index in [0.717, 1.165) is 6.42 Å². The second kappa shape index (κ2) is 10.4. The first-order chi connectivity index (χ1) is 14.6. The van der Waals surface area contributed by atoms with Crippen molar-refractivity contribution in [1.82, 2.24) is 15.6 Å². The number of aromatic nitrogens is 1. The number of nitrogens with one attached hydrogen (secondary N) is 3. The van der Waals surface area contributed by atoms with E-state index in [1.54, 1.807) is 30.5 Å². The molecular formula is C20H26FN7O2. The predicted molar refractivity (Wildman–Crippen MR) is 116 cm³/mol. The van der Waals surface area contributed by atoms with E-state index in [4.69, 9.17) is 0 Å². The van der Waals surface area contributed by atoms with Gasteiger partial charge in [-0.05, 0) is 31.5 Å². The number of anilines is 2. The van der Waals surface area contributed by atoms with Crippen molar-refractivity contribution in [3.8, 4) is 0 Å². The molecule has 0 radical (unpaired) electrons. The van der Waals surface area contributed by atoms with Crippen LogP contribution in [0, 0.1) is 15.9 Å². The summed E-state index contributed by atoms with van der Waals surface area (Å²) in [6.45, 7) is 4.92. The van der Waals surface area contributed by atoms with Crippen LogP contribution in [0.15, 0.2) is 47.6 Å². The van der Waals surface area contributed by atoms with Gasteiger partial charge in [0, 0.05) is 44.5 Å². The van der Waals surface area contributed by atoms with Gasteiger partial charge in [-0.1, -0.05) is 12.1 Å². The quantitative estimate of drug-likeness (QED) is 0.200. The van der Waals surface area contributed by atoms with Crippen LogP contribution >= 0.6 is 0 Å². The minimum atomic E-state index is -0.409. The predicted octanol–water partition coefficient (Wildman–Crippen LogP) is 2.37. The lowest BCUT2D eigenvalue weighted by atomic mass is 10.2. The molecule has 1 aliphatic rings. The van der Waals surface area contributed by atoms with Gasteiger partial charge in [-0.15, -0.1) is 0 Å². The number of hydrogen-bond donors (Lipinski definition) is 3. The third-order valence-corrected chi connectivity index (χ3v) is 4.71. The smallest absolute Gasteiger partial charge is 0.292 e. The standard InChI is InChI=1S/C20H26FN7O2/c1-2-22-20(25-12-11-23-17-7-3-4-8-18(17)28(29)30)26-15-9-13-27(14-15)19-16(21)6-5-10-24-19/h3-8,10,15,23H,2,9,11-14H2,1H3,(H2,22,25,26). The first kappa shape index (κ1) is 21.3. The molecule has 1 unspecified atom stereocenters. The van der Waals surface area contributed by atoms with Crippen molar-refractivity contribution in [3.05, 3.63) is 58.5 Å². The molecule has 1 fully saturated rings. The van der Waals surface area contributed by atoms with Crippen LogP contribution in [-0.2, 0) is 0 Å². The number of rotatable bonds is 8. The number of benzene rings is 1. The van der Waals surface area contributed by atoms with E-state index in [1.165, 1.54) is 12.1 Å². The summed E-state index contributed by atoms with van der Waals surface area (Å²) >= 11 is 0.